The molecule has 0 bridgehead atoms. The summed E-state index contributed by atoms with van der Waals surface area (Å²) in [5, 5.41) is 0. The SMILES string of the molecule is CC(=O)C(c1ccc2ncoc2c1)C1CCN(Cc2ccccc2)CC1. The van der Waals surface area contributed by atoms with Crippen LogP contribution < -0.4 is 0 Å². The van der Waals surface area contributed by atoms with Gasteiger partial charge in [0.25, 0.3) is 0 Å². The Labute approximate surface area is 153 Å². The predicted molar refractivity (Wildman–Crippen MR) is 102 cm³/mol. The summed E-state index contributed by atoms with van der Waals surface area (Å²) in [7, 11) is 0. The van der Waals surface area contributed by atoms with Gasteiger partial charge in [-0.2, -0.15) is 0 Å². The van der Waals surface area contributed by atoms with Crippen LogP contribution in [0.1, 0.15) is 36.8 Å². The first-order chi connectivity index (χ1) is 12.7. The number of carbonyl (C=O) groups excluding carboxylic acids is 1. The fourth-order valence-corrected chi connectivity index (χ4v) is 4.19. The van der Waals surface area contributed by atoms with E-state index in [-0.39, 0.29) is 11.7 Å². The van der Waals surface area contributed by atoms with Crippen LogP contribution in [0.3, 0.4) is 0 Å². The minimum absolute atomic E-state index is 0.0524. The largest absolute Gasteiger partial charge is 0.443 e. The van der Waals surface area contributed by atoms with Gasteiger partial charge in [0, 0.05) is 12.5 Å². The molecule has 0 aliphatic carbocycles. The average Bonchev–Trinajstić information content (AvgIpc) is 3.12. The molecule has 1 fully saturated rings. The number of Topliss-reactive ketones (excluding diaryl/α,β-unsaturated/α-hetero) is 1. The van der Waals surface area contributed by atoms with Crippen molar-refractivity contribution in [2.24, 2.45) is 5.92 Å². The fraction of sp³-hybridized carbons (Fsp3) is 0.364. The maximum atomic E-state index is 12.4. The monoisotopic (exact) mass is 348 g/mol. The lowest BCUT2D eigenvalue weighted by atomic mass is 9.78. The molecular weight excluding hydrogens is 324 g/mol. The van der Waals surface area contributed by atoms with Crippen LogP contribution in [0.25, 0.3) is 11.1 Å². The van der Waals surface area contributed by atoms with Gasteiger partial charge in [0.15, 0.2) is 12.0 Å². The summed E-state index contributed by atoms with van der Waals surface area (Å²) in [5.74, 6) is 0.577. The number of rotatable bonds is 5. The van der Waals surface area contributed by atoms with E-state index < -0.39 is 0 Å². The molecule has 1 atom stereocenters. The van der Waals surface area contributed by atoms with Crippen molar-refractivity contribution in [1.82, 2.24) is 9.88 Å². The Hall–Kier alpha value is -2.46. The summed E-state index contributed by atoms with van der Waals surface area (Å²) in [6.45, 7) is 4.77. The van der Waals surface area contributed by atoms with Crippen LogP contribution in [0.15, 0.2) is 59.3 Å². The Morgan fingerprint density at radius 3 is 2.69 bits per heavy atom. The number of benzene rings is 2. The van der Waals surface area contributed by atoms with Crippen molar-refractivity contribution in [2.75, 3.05) is 13.1 Å². The molecule has 0 radical (unpaired) electrons. The molecule has 2 aromatic carbocycles. The number of likely N-dealkylation sites (tertiary alicyclic amines) is 1. The third-order valence-corrected chi connectivity index (χ3v) is 5.51. The lowest BCUT2D eigenvalue weighted by Gasteiger charge is -2.35. The Morgan fingerprint density at radius 1 is 1.19 bits per heavy atom. The third kappa shape index (κ3) is 3.56. The Bertz CT molecular complexity index is 879. The molecule has 1 aliphatic rings. The van der Waals surface area contributed by atoms with Gasteiger partial charge < -0.3 is 4.42 Å². The van der Waals surface area contributed by atoms with Crippen LogP contribution in [-0.2, 0) is 11.3 Å². The zero-order valence-electron chi connectivity index (χ0n) is 15.1. The summed E-state index contributed by atoms with van der Waals surface area (Å²) >= 11 is 0. The smallest absolute Gasteiger partial charge is 0.181 e. The van der Waals surface area contributed by atoms with Gasteiger partial charge in [0.05, 0.1) is 0 Å². The molecule has 4 nitrogen and oxygen atoms in total. The zero-order valence-corrected chi connectivity index (χ0v) is 15.1. The fourth-order valence-electron chi connectivity index (χ4n) is 4.19. The molecule has 4 heteroatoms. The highest BCUT2D eigenvalue weighted by molar-refractivity contribution is 5.85. The standard InChI is InChI=1S/C22H24N2O2/c1-16(25)22(19-7-8-20-21(13-19)26-15-23-20)18-9-11-24(12-10-18)14-17-5-3-2-4-6-17/h2-8,13,15,18,22H,9-12,14H2,1H3. The highest BCUT2D eigenvalue weighted by Gasteiger charge is 2.31. The number of aromatic nitrogens is 1. The van der Waals surface area contributed by atoms with Gasteiger partial charge in [0.1, 0.15) is 11.3 Å². The molecule has 1 unspecified atom stereocenters. The van der Waals surface area contributed by atoms with Crippen LogP contribution in [-0.4, -0.2) is 28.8 Å². The summed E-state index contributed by atoms with van der Waals surface area (Å²) in [6, 6.07) is 16.6. The summed E-state index contributed by atoms with van der Waals surface area (Å²) in [5.41, 5.74) is 4.01. The first-order valence-corrected chi connectivity index (χ1v) is 9.30. The molecule has 1 saturated heterocycles. The van der Waals surface area contributed by atoms with Gasteiger partial charge >= 0.3 is 0 Å². The number of fused-ring (bicyclic) bond motifs is 1. The number of ketones is 1. The summed E-state index contributed by atoms with van der Waals surface area (Å²) < 4.78 is 5.43. The molecule has 0 saturated carbocycles. The van der Waals surface area contributed by atoms with E-state index in [0.717, 1.165) is 49.1 Å². The zero-order chi connectivity index (χ0) is 17.9. The Kier molecular flexibility index (Phi) is 4.85. The number of hydrogen-bond acceptors (Lipinski definition) is 4. The van der Waals surface area contributed by atoms with Crippen LogP contribution in [0.5, 0.6) is 0 Å². The Morgan fingerprint density at radius 2 is 1.96 bits per heavy atom. The number of hydrogen-bond donors (Lipinski definition) is 0. The highest BCUT2D eigenvalue weighted by Crippen LogP contribution is 2.35. The van der Waals surface area contributed by atoms with Crippen LogP contribution >= 0.6 is 0 Å². The molecule has 4 rings (SSSR count). The average molecular weight is 348 g/mol. The molecule has 0 N–H and O–H groups in total. The second kappa shape index (κ2) is 7.42. The lowest BCUT2D eigenvalue weighted by molar-refractivity contribution is -0.120. The van der Waals surface area contributed by atoms with E-state index in [2.05, 4.69) is 40.2 Å². The first kappa shape index (κ1) is 17.0. The van der Waals surface area contributed by atoms with Gasteiger partial charge in [-0.25, -0.2) is 4.98 Å². The Balaban J connectivity index is 1.46. The second-order valence-corrected chi connectivity index (χ2v) is 7.27. The van der Waals surface area contributed by atoms with Crippen molar-refractivity contribution in [1.29, 1.82) is 0 Å². The summed E-state index contributed by atoms with van der Waals surface area (Å²) in [6.07, 6.45) is 3.55. The molecule has 0 spiro atoms. The molecule has 26 heavy (non-hydrogen) atoms. The molecule has 0 amide bonds. The van der Waals surface area contributed by atoms with Crippen LogP contribution in [0.2, 0.25) is 0 Å². The maximum Gasteiger partial charge on any atom is 0.181 e. The van der Waals surface area contributed by atoms with Gasteiger partial charge in [-0.1, -0.05) is 36.4 Å². The van der Waals surface area contributed by atoms with E-state index in [9.17, 15) is 4.79 Å². The van der Waals surface area contributed by atoms with Gasteiger partial charge in [-0.15, -0.1) is 0 Å². The molecule has 1 aliphatic heterocycles. The quantitative estimate of drug-likeness (QED) is 0.685. The van der Waals surface area contributed by atoms with E-state index in [4.69, 9.17) is 4.42 Å². The number of piperidine rings is 1. The van der Waals surface area contributed by atoms with E-state index >= 15 is 0 Å². The normalized spacial score (nSPS) is 17.4. The predicted octanol–water partition coefficient (Wildman–Crippen LogP) is 4.41. The van der Waals surface area contributed by atoms with Crippen molar-refractivity contribution in [3.63, 3.8) is 0 Å². The first-order valence-electron chi connectivity index (χ1n) is 9.30. The molecule has 1 aromatic heterocycles. The van der Waals surface area contributed by atoms with Crippen molar-refractivity contribution >= 4 is 16.9 Å². The highest BCUT2D eigenvalue weighted by atomic mass is 16.3. The van der Waals surface area contributed by atoms with Gasteiger partial charge in [0.2, 0.25) is 0 Å². The van der Waals surface area contributed by atoms with E-state index in [1.807, 2.05) is 18.2 Å². The molecule has 134 valence electrons. The lowest BCUT2D eigenvalue weighted by Crippen LogP contribution is -2.36. The van der Waals surface area contributed by atoms with E-state index in [1.54, 1.807) is 6.92 Å². The van der Waals surface area contributed by atoms with Crippen molar-refractivity contribution in [3.8, 4) is 0 Å². The minimum Gasteiger partial charge on any atom is -0.443 e. The second-order valence-electron chi connectivity index (χ2n) is 7.27. The minimum atomic E-state index is -0.0524. The van der Waals surface area contributed by atoms with Crippen molar-refractivity contribution in [3.05, 3.63) is 66.1 Å². The number of oxazole rings is 1. The van der Waals surface area contributed by atoms with E-state index in [1.165, 1.54) is 12.0 Å². The van der Waals surface area contributed by atoms with Crippen LogP contribution in [0, 0.1) is 5.92 Å². The molecule has 2 heterocycles. The topological polar surface area (TPSA) is 46.3 Å². The summed E-state index contributed by atoms with van der Waals surface area (Å²) in [4.78, 5) is 19.1. The van der Waals surface area contributed by atoms with Crippen molar-refractivity contribution in [2.45, 2.75) is 32.2 Å². The molecular formula is C22H24N2O2. The van der Waals surface area contributed by atoms with Gasteiger partial charge in [-0.3, -0.25) is 9.69 Å². The third-order valence-electron chi connectivity index (χ3n) is 5.51. The van der Waals surface area contributed by atoms with E-state index in [0.29, 0.717) is 5.92 Å². The van der Waals surface area contributed by atoms with Gasteiger partial charge in [-0.05, 0) is 62.0 Å². The number of nitrogens with zero attached hydrogens (tertiary/aromatic N) is 2. The van der Waals surface area contributed by atoms with Crippen molar-refractivity contribution < 1.29 is 9.21 Å². The molecule has 3 aromatic rings. The van der Waals surface area contributed by atoms with Crippen LogP contribution in [0.4, 0.5) is 0 Å². The maximum absolute atomic E-state index is 12.4. The number of carbonyl (C=O) groups is 1.